The monoisotopic (exact) mass is 365 g/mol. The molecule has 3 fully saturated rings. The van der Waals surface area contributed by atoms with Crippen molar-refractivity contribution in [3.05, 3.63) is 35.4 Å². The van der Waals surface area contributed by atoms with Crippen LogP contribution >= 0.6 is 0 Å². The Morgan fingerprint density at radius 2 is 1.85 bits per heavy atom. The van der Waals surface area contributed by atoms with Gasteiger partial charge in [-0.2, -0.15) is 0 Å². The number of alkyl halides is 2. The summed E-state index contributed by atoms with van der Waals surface area (Å²) in [6.45, 7) is 1.95. The molecular formula is C20H25F2NO3. The van der Waals surface area contributed by atoms with Crippen molar-refractivity contribution in [3.63, 3.8) is 0 Å². The van der Waals surface area contributed by atoms with Crippen LogP contribution in [0.5, 0.6) is 0 Å². The lowest BCUT2D eigenvalue weighted by molar-refractivity contribution is -0.167. The molecule has 1 unspecified atom stereocenters. The lowest BCUT2D eigenvalue weighted by Crippen LogP contribution is -2.43. The summed E-state index contributed by atoms with van der Waals surface area (Å²) in [4.78, 5) is 12.1. The SMILES string of the molecule is O=C(O)[C@](O)(c1ccccc1C1C[C@H]2CNC[C@H]2C1)[C@@H]1CCC(F)(F)C1. The number of aliphatic carboxylic acids is 1. The summed E-state index contributed by atoms with van der Waals surface area (Å²) in [6.07, 6.45) is 0.971. The molecule has 3 aliphatic rings. The van der Waals surface area contributed by atoms with Gasteiger partial charge < -0.3 is 15.5 Å². The van der Waals surface area contributed by atoms with Gasteiger partial charge in [0, 0.05) is 18.8 Å². The molecule has 0 bridgehead atoms. The van der Waals surface area contributed by atoms with E-state index in [1.165, 1.54) is 0 Å². The van der Waals surface area contributed by atoms with Crippen LogP contribution < -0.4 is 5.32 Å². The average molecular weight is 365 g/mol. The molecule has 0 aromatic heterocycles. The molecule has 1 aromatic carbocycles. The summed E-state index contributed by atoms with van der Waals surface area (Å²) in [5, 5.41) is 24.4. The minimum Gasteiger partial charge on any atom is -0.479 e. The van der Waals surface area contributed by atoms with Gasteiger partial charge in [0.25, 0.3) is 0 Å². The van der Waals surface area contributed by atoms with Gasteiger partial charge in [0.05, 0.1) is 0 Å². The van der Waals surface area contributed by atoms with Crippen LogP contribution in [0.2, 0.25) is 0 Å². The highest BCUT2D eigenvalue weighted by atomic mass is 19.3. The number of rotatable bonds is 4. The first-order valence-electron chi connectivity index (χ1n) is 9.45. The van der Waals surface area contributed by atoms with E-state index in [9.17, 15) is 23.8 Å². The number of fused-ring (bicyclic) bond motifs is 1. The lowest BCUT2D eigenvalue weighted by atomic mass is 9.75. The van der Waals surface area contributed by atoms with Crippen LogP contribution in [-0.4, -0.2) is 35.2 Å². The zero-order chi connectivity index (χ0) is 18.5. The van der Waals surface area contributed by atoms with Gasteiger partial charge in [0.15, 0.2) is 5.60 Å². The third kappa shape index (κ3) is 2.83. The first-order chi connectivity index (χ1) is 12.3. The Kier molecular flexibility index (Phi) is 4.31. The van der Waals surface area contributed by atoms with Gasteiger partial charge in [-0.05, 0) is 61.2 Å². The van der Waals surface area contributed by atoms with E-state index < -0.39 is 29.8 Å². The van der Waals surface area contributed by atoms with Gasteiger partial charge in [-0.3, -0.25) is 0 Å². The summed E-state index contributed by atoms with van der Waals surface area (Å²) in [7, 11) is 0. The minimum atomic E-state index is -2.90. The fourth-order valence-electron chi connectivity index (χ4n) is 5.44. The normalized spacial score (nSPS) is 35.2. The lowest BCUT2D eigenvalue weighted by Gasteiger charge is -2.33. The Hall–Kier alpha value is -1.53. The highest BCUT2D eigenvalue weighted by Crippen LogP contribution is 2.51. The molecule has 2 saturated carbocycles. The van der Waals surface area contributed by atoms with Gasteiger partial charge in [-0.1, -0.05) is 24.3 Å². The van der Waals surface area contributed by atoms with Gasteiger partial charge in [-0.15, -0.1) is 0 Å². The molecule has 5 atom stereocenters. The van der Waals surface area contributed by atoms with E-state index in [4.69, 9.17) is 0 Å². The molecule has 0 spiro atoms. The molecule has 1 aliphatic heterocycles. The maximum Gasteiger partial charge on any atom is 0.340 e. The molecule has 2 aliphatic carbocycles. The van der Waals surface area contributed by atoms with Crippen LogP contribution in [0.3, 0.4) is 0 Å². The number of carbonyl (C=O) groups is 1. The molecule has 1 aromatic rings. The number of hydrogen-bond donors (Lipinski definition) is 3. The minimum absolute atomic E-state index is 0.0178. The Morgan fingerprint density at radius 1 is 1.19 bits per heavy atom. The quantitative estimate of drug-likeness (QED) is 0.767. The van der Waals surface area contributed by atoms with Crippen molar-refractivity contribution in [1.29, 1.82) is 0 Å². The Balaban J connectivity index is 1.70. The molecule has 4 nitrogen and oxygen atoms in total. The van der Waals surface area contributed by atoms with Crippen molar-refractivity contribution in [2.45, 2.75) is 49.5 Å². The van der Waals surface area contributed by atoms with E-state index in [0.29, 0.717) is 17.4 Å². The standard InChI is InChI=1S/C20H25F2NO3/c21-19(22)6-5-15(9-19)20(26,18(24)25)17-4-2-1-3-16(17)12-7-13-10-23-11-14(13)8-12/h1-4,12-15,23,26H,5-11H2,(H,24,25)/t12?,13-,14+,15-,20-/m1/s1. The fourth-order valence-corrected chi connectivity index (χ4v) is 5.44. The highest BCUT2D eigenvalue weighted by molar-refractivity contribution is 5.80. The smallest absolute Gasteiger partial charge is 0.340 e. The largest absolute Gasteiger partial charge is 0.479 e. The third-order valence-corrected chi connectivity index (χ3v) is 6.79. The van der Waals surface area contributed by atoms with Crippen LogP contribution in [0.25, 0.3) is 0 Å². The summed E-state index contributed by atoms with van der Waals surface area (Å²) in [5.41, 5.74) is -1.12. The van der Waals surface area contributed by atoms with Crippen LogP contribution in [0.15, 0.2) is 24.3 Å². The van der Waals surface area contributed by atoms with Gasteiger partial charge in [0.2, 0.25) is 5.92 Å². The maximum absolute atomic E-state index is 13.8. The van der Waals surface area contributed by atoms with E-state index in [1.807, 2.05) is 12.1 Å². The third-order valence-electron chi connectivity index (χ3n) is 6.79. The zero-order valence-corrected chi connectivity index (χ0v) is 14.6. The molecule has 0 radical (unpaired) electrons. The summed E-state index contributed by atoms with van der Waals surface area (Å²) < 4.78 is 27.5. The van der Waals surface area contributed by atoms with Gasteiger partial charge in [-0.25, -0.2) is 13.6 Å². The van der Waals surface area contributed by atoms with E-state index in [1.54, 1.807) is 12.1 Å². The summed E-state index contributed by atoms with van der Waals surface area (Å²) in [6, 6.07) is 7.02. The van der Waals surface area contributed by atoms with E-state index in [0.717, 1.165) is 31.5 Å². The summed E-state index contributed by atoms with van der Waals surface area (Å²) in [5.74, 6) is -3.98. The molecule has 6 heteroatoms. The van der Waals surface area contributed by atoms with Crippen molar-refractivity contribution < 1.29 is 23.8 Å². The molecular weight excluding hydrogens is 340 g/mol. The second-order valence-electron chi connectivity index (χ2n) is 8.30. The number of nitrogens with one attached hydrogen (secondary N) is 1. The van der Waals surface area contributed by atoms with Crippen molar-refractivity contribution in [2.24, 2.45) is 17.8 Å². The zero-order valence-electron chi connectivity index (χ0n) is 14.6. The van der Waals surface area contributed by atoms with E-state index in [2.05, 4.69) is 5.32 Å². The second-order valence-corrected chi connectivity index (χ2v) is 8.30. The molecule has 26 heavy (non-hydrogen) atoms. The first-order valence-corrected chi connectivity index (χ1v) is 9.45. The highest BCUT2D eigenvalue weighted by Gasteiger charge is 2.55. The maximum atomic E-state index is 13.8. The number of halogens is 2. The van der Waals surface area contributed by atoms with Crippen LogP contribution in [0, 0.1) is 17.8 Å². The van der Waals surface area contributed by atoms with Crippen molar-refractivity contribution in [3.8, 4) is 0 Å². The molecule has 1 saturated heterocycles. The number of hydrogen-bond acceptors (Lipinski definition) is 3. The predicted molar refractivity (Wildman–Crippen MR) is 92.1 cm³/mol. The second kappa shape index (κ2) is 6.27. The van der Waals surface area contributed by atoms with Crippen LogP contribution in [0.1, 0.15) is 49.1 Å². The van der Waals surface area contributed by atoms with Crippen molar-refractivity contribution >= 4 is 5.97 Å². The molecule has 142 valence electrons. The number of benzene rings is 1. The molecule has 1 heterocycles. The molecule has 0 amide bonds. The number of carboxylic acids is 1. The topological polar surface area (TPSA) is 69.6 Å². The Labute approximate surface area is 151 Å². The Bertz CT molecular complexity index is 698. The van der Waals surface area contributed by atoms with Crippen LogP contribution in [0.4, 0.5) is 8.78 Å². The number of carboxylic acid groups (broad SMARTS) is 1. The Morgan fingerprint density at radius 3 is 2.42 bits per heavy atom. The van der Waals surface area contributed by atoms with Crippen molar-refractivity contribution in [2.75, 3.05) is 13.1 Å². The van der Waals surface area contributed by atoms with Crippen LogP contribution in [-0.2, 0) is 10.4 Å². The molecule has 4 rings (SSSR count). The molecule has 3 N–H and O–H groups in total. The first kappa shape index (κ1) is 17.9. The average Bonchev–Trinajstić information content (AvgIpc) is 3.28. The van der Waals surface area contributed by atoms with Gasteiger partial charge in [0.1, 0.15) is 0 Å². The number of aliphatic hydroxyl groups is 1. The van der Waals surface area contributed by atoms with E-state index in [-0.39, 0.29) is 18.8 Å². The van der Waals surface area contributed by atoms with Crippen molar-refractivity contribution in [1.82, 2.24) is 5.32 Å². The fraction of sp³-hybridized carbons (Fsp3) is 0.650. The van der Waals surface area contributed by atoms with E-state index >= 15 is 0 Å². The predicted octanol–water partition coefficient (Wildman–Crippen LogP) is 3.11. The van der Waals surface area contributed by atoms with Gasteiger partial charge >= 0.3 is 5.97 Å². The summed E-state index contributed by atoms with van der Waals surface area (Å²) >= 11 is 0.